The van der Waals surface area contributed by atoms with Crippen LogP contribution in [0.3, 0.4) is 0 Å². The Hall–Kier alpha value is -2.60. The van der Waals surface area contributed by atoms with Gasteiger partial charge in [-0.2, -0.15) is 0 Å². The lowest BCUT2D eigenvalue weighted by Crippen LogP contribution is -2.16. The summed E-state index contributed by atoms with van der Waals surface area (Å²) in [6.45, 7) is 0. The van der Waals surface area contributed by atoms with Crippen LogP contribution in [0.25, 0.3) is 10.9 Å². The molecule has 0 amide bonds. The van der Waals surface area contributed by atoms with Crippen LogP contribution in [0.5, 0.6) is 5.75 Å². The number of hydrogen-bond acceptors (Lipinski definition) is 4. The van der Waals surface area contributed by atoms with Crippen molar-refractivity contribution in [2.45, 2.75) is 23.7 Å². The van der Waals surface area contributed by atoms with E-state index in [1.54, 1.807) is 37.4 Å². The fraction of sp³-hybridized carbons (Fsp3) is 0.211. The Morgan fingerprint density at radius 1 is 1.12 bits per heavy atom. The van der Waals surface area contributed by atoms with Gasteiger partial charge in [-0.15, -0.1) is 0 Å². The van der Waals surface area contributed by atoms with Gasteiger partial charge in [-0.1, -0.05) is 18.2 Å². The van der Waals surface area contributed by atoms with Crippen LogP contribution in [0.2, 0.25) is 0 Å². The predicted molar refractivity (Wildman–Crippen MR) is 94.9 cm³/mol. The number of aromatic nitrogens is 1. The van der Waals surface area contributed by atoms with Gasteiger partial charge in [0.2, 0.25) is 0 Å². The number of hydrogen-bond donors (Lipinski definition) is 0. The summed E-state index contributed by atoms with van der Waals surface area (Å²) < 4.78 is 32.9. The lowest BCUT2D eigenvalue weighted by Gasteiger charge is -2.10. The van der Waals surface area contributed by atoms with Gasteiger partial charge in [0.1, 0.15) is 11.4 Å². The highest BCUT2D eigenvalue weighted by Gasteiger charge is 2.34. The van der Waals surface area contributed by atoms with E-state index in [9.17, 15) is 13.2 Å². The molecule has 0 radical (unpaired) electrons. The second-order valence-corrected chi connectivity index (χ2v) is 7.94. The molecule has 1 aromatic heterocycles. The molecule has 0 unspecified atom stereocenters. The topological polar surface area (TPSA) is 65.4 Å². The average molecular weight is 355 g/mol. The summed E-state index contributed by atoms with van der Waals surface area (Å²) in [5, 5.41) is 0.767. The van der Waals surface area contributed by atoms with Gasteiger partial charge in [-0.05, 0) is 54.7 Å². The Morgan fingerprint density at radius 3 is 2.44 bits per heavy atom. The maximum Gasteiger partial charge on any atom is 0.268 e. The van der Waals surface area contributed by atoms with Crippen LogP contribution in [0.1, 0.15) is 34.8 Å². The first-order chi connectivity index (χ1) is 12.1. The summed E-state index contributed by atoms with van der Waals surface area (Å²) in [6, 6.07) is 13.4. The molecule has 0 N–H and O–H groups in total. The molecule has 5 nitrogen and oxygen atoms in total. The highest BCUT2D eigenvalue weighted by atomic mass is 32.2. The van der Waals surface area contributed by atoms with Crippen molar-refractivity contribution in [2.24, 2.45) is 0 Å². The van der Waals surface area contributed by atoms with Crippen molar-refractivity contribution in [1.82, 2.24) is 3.97 Å². The van der Waals surface area contributed by atoms with Crippen molar-refractivity contribution >= 4 is 27.2 Å². The normalized spacial score (nSPS) is 14.6. The summed E-state index contributed by atoms with van der Waals surface area (Å²) in [7, 11) is -2.30. The summed E-state index contributed by atoms with van der Waals surface area (Å²) in [6.07, 6.45) is 2.58. The van der Waals surface area contributed by atoms with Crippen LogP contribution in [-0.4, -0.2) is 25.8 Å². The SMILES string of the molecule is COc1ccc2c(c1)c(C1CC1)c(C=O)n2S(=O)(=O)c1ccccc1. The van der Waals surface area contributed by atoms with Crippen LogP contribution in [0, 0.1) is 0 Å². The minimum Gasteiger partial charge on any atom is -0.497 e. The third-order valence-electron chi connectivity index (χ3n) is 4.59. The lowest BCUT2D eigenvalue weighted by molar-refractivity contribution is 0.111. The Balaban J connectivity index is 2.09. The molecule has 0 saturated heterocycles. The summed E-state index contributed by atoms with van der Waals surface area (Å²) in [5.74, 6) is 0.864. The number of nitrogens with zero attached hydrogens (tertiary/aromatic N) is 1. The molecule has 2 aromatic carbocycles. The number of carbonyl (C=O) groups excluding carboxylic acids is 1. The van der Waals surface area contributed by atoms with E-state index >= 15 is 0 Å². The van der Waals surface area contributed by atoms with E-state index < -0.39 is 10.0 Å². The molecule has 1 heterocycles. The van der Waals surface area contributed by atoms with Gasteiger partial charge in [0.15, 0.2) is 6.29 Å². The van der Waals surface area contributed by atoms with Crippen LogP contribution in [0.15, 0.2) is 53.4 Å². The van der Waals surface area contributed by atoms with Crippen molar-refractivity contribution in [2.75, 3.05) is 7.11 Å². The molecule has 1 saturated carbocycles. The monoisotopic (exact) mass is 355 g/mol. The third-order valence-corrected chi connectivity index (χ3v) is 6.33. The number of ether oxygens (including phenoxy) is 1. The Bertz CT molecular complexity index is 1060. The third kappa shape index (κ3) is 2.44. The number of carbonyl (C=O) groups is 1. The minimum atomic E-state index is -3.87. The van der Waals surface area contributed by atoms with Gasteiger partial charge in [0.25, 0.3) is 10.0 Å². The van der Waals surface area contributed by atoms with Crippen molar-refractivity contribution in [1.29, 1.82) is 0 Å². The predicted octanol–water partition coefficient (Wildman–Crippen LogP) is 3.58. The zero-order valence-corrected chi connectivity index (χ0v) is 14.5. The Kier molecular flexibility index (Phi) is 3.65. The lowest BCUT2D eigenvalue weighted by atomic mass is 10.1. The van der Waals surface area contributed by atoms with Gasteiger partial charge in [0, 0.05) is 5.39 Å². The summed E-state index contributed by atoms with van der Waals surface area (Å²) >= 11 is 0. The maximum absolute atomic E-state index is 13.2. The van der Waals surface area contributed by atoms with E-state index in [2.05, 4.69) is 0 Å². The van der Waals surface area contributed by atoms with Crippen molar-refractivity contribution in [3.05, 3.63) is 59.8 Å². The minimum absolute atomic E-state index is 0.160. The standard InChI is InChI=1S/C19H17NO4S/c1-24-14-9-10-17-16(11-14)19(13-7-8-13)18(12-21)20(17)25(22,23)15-5-3-2-4-6-15/h2-6,9-13H,7-8H2,1H3. The van der Waals surface area contributed by atoms with Gasteiger partial charge >= 0.3 is 0 Å². The number of methoxy groups -OCH3 is 1. The van der Waals surface area contributed by atoms with Crippen molar-refractivity contribution in [3.8, 4) is 5.75 Å². The molecule has 1 fully saturated rings. The molecule has 4 rings (SSSR count). The maximum atomic E-state index is 13.2. The van der Waals surface area contributed by atoms with E-state index in [1.165, 1.54) is 16.1 Å². The first-order valence-corrected chi connectivity index (χ1v) is 9.50. The quantitative estimate of drug-likeness (QED) is 0.656. The Morgan fingerprint density at radius 2 is 1.84 bits per heavy atom. The highest BCUT2D eigenvalue weighted by Crippen LogP contribution is 2.47. The molecule has 0 aliphatic heterocycles. The van der Waals surface area contributed by atoms with Gasteiger partial charge in [-0.3, -0.25) is 4.79 Å². The highest BCUT2D eigenvalue weighted by molar-refractivity contribution is 7.90. The number of aldehydes is 1. The second kappa shape index (κ2) is 5.74. The van der Waals surface area contributed by atoms with Crippen LogP contribution in [-0.2, 0) is 10.0 Å². The smallest absolute Gasteiger partial charge is 0.268 e. The summed E-state index contributed by atoms with van der Waals surface area (Å²) in [4.78, 5) is 12.0. The van der Waals surface area contributed by atoms with Gasteiger partial charge in [0.05, 0.1) is 17.5 Å². The average Bonchev–Trinajstić information content (AvgIpc) is 3.42. The largest absolute Gasteiger partial charge is 0.497 e. The van der Waals surface area contributed by atoms with Gasteiger partial charge < -0.3 is 4.74 Å². The molecule has 0 atom stereocenters. The van der Waals surface area contributed by atoms with Crippen molar-refractivity contribution in [3.63, 3.8) is 0 Å². The molecule has 1 aliphatic rings. The number of benzene rings is 2. The summed E-state index contributed by atoms with van der Waals surface area (Å²) in [5.41, 5.74) is 1.53. The molecule has 3 aromatic rings. The van der Waals surface area contributed by atoms with Crippen LogP contribution >= 0.6 is 0 Å². The first-order valence-electron chi connectivity index (χ1n) is 8.06. The van der Waals surface area contributed by atoms with E-state index in [4.69, 9.17) is 4.74 Å². The van der Waals surface area contributed by atoms with E-state index in [0.717, 1.165) is 23.8 Å². The van der Waals surface area contributed by atoms with Crippen LogP contribution in [0.4, 0.5) is 0 Å². The zero-order valence-electron chi connectivity index (χ0n) is 13.7. The fourth-order valence-electron chi connectivity index (χ4n) is 3.28. The van der Waals surface area contributed by atoms with Crippen LogP contribution < -0.4 is 4.74 Å². The molecule has 0 spiro atoms. The Labute approximate surface area is 145 Å². The van der Waals surface area contributed by atoms with Crippen molar-refractivity contribution < 1.29 is 17.9 Å². The zero-order chi connectivity index (χ0) is 17.6. The number of rotatable bonds is 5. The molecule has 6 heteroatoms. The van der Waals surface area contributed by atoms with Gasteiger partial charge in [-0.25, -0.2) is 12.4 Å². The molecule has 128 valence electrons. The molecule has 25 heavy (non-hydrogen) atoms. The number of fused-ring (bicyclic) bond motifs is 1. The first kappa shape index (κ1) is 15.9. The molecular formula is C19H17NO4S. The molecule has 1 aliphatic carbocycles. The molecule has 0 bridgehead atoms. The van der Waals surface area contributed by atoms with E-state index in [1.807, 2.05) is 6.07 Å². The second-order valence-electron chi connectivity index (χ2n) is 6.16. The molecular weight excluding hydrogens is 338 g/mol. The van der Waals surface area contributed by atoms with E-state index in [-0.39, 0.29) is 16.5 Å². The fourth-order valence-corrected chi connectivity index (χ4v) is 4.81. The van der Waals surface area contributed by atoms with E-state index in [0.29, 0.717) is 17.6 Å².